The first kappa shape index (κ1) is 19.6. The van der Waals surface area contributed by atoms with Crippen molar-refractivity contribution < 1.29 is 4.42 Å². The molecule has 0 aliphatic heterocycles. The summed E-state index contributed by atoms with van der Waals surface area (Å²) in [6.07, 6.45) is 0. The molecule has 0 aliphatic rings. The van der Waals surface area contributed by atoms with E-state index in [2.05, 4.69) is 90.4 Å². The molecule has 0 atom stereocenters. The van der Waals surface area contributed by atoms with Gasteiger partial charge in [-0.2, -0.15) is 5.26 Å². The van der Waals surface area contributed by atoms with Gasteiger partial charge in [-0.15, -0.1) is 0 Å². The van der Waals surface area contributed by atoms with Crippen molar-refractivity contribution in [1.82, 2.24) is 4.57 Å². The number of hydrogen-bond donors (Lipinski definition) is 0. The second-order valence-corrected chi connectivity index (χ2v) is 9.00. The highest BCUT2D eigenvalue weighted by molar-refractivity contribution is 6.17. The van der Waals surface area contributed by atoms with Crippen molar-refractivity contribution in [1.29, 1.82) is 5.26 Å². The van der Waals surface area contributed by atoms with E-state index in [9.17, 15) is 5.26 Å². The molecule has 0 N–H and O–H groups in total. The summed E-state index contributed by atoms with van der Waals surface area (Å²) >= 11 is 0. The normalized spacial score (nSPS) is 11.5. The third kappa shape index (κ3) is 2.90. The van der Waals surface area contributed by atoms with Gasteiger partial charge in [-0.1, -0.05) is 54.6 Å². The quantitative estimate of drug-likeness (QED) is 0.266. The Hall–Kier alpha value is -4.81. The minimum Gasteiger partial charge on any atom is -0.456 e. The smallest absolute Gasteiger partial charge is 0.136 e. The average molecular weight is 449 g/mol. The van der Waals surface area contributed by atoms with Crippen molar-refractivity contribution in [2.45, 2.75) is 6.92 Å². The van der Waals surface area contributed by atoms with E-state index in [0.29, 0.717) is 5.56 Å². The van der Waals surface area contributed by atoms with E-state index in [-0.39, 0.29) is 0 Å². The van der Waals surface area contributed by atoms with E-state index >= 15 is 0 Å². The fourth-order valence-electron chi connectivity index (χ4n) is 5.31. The molecule has 0 radical (unpaired) electrons. The molecule has 0 spiro atoms. The maximum absolute atomic E-state index is 9.19. The highest BCUT2D eigenvalue weighted by atomic mass is 16.3. The Morgan fingerprint density at radius 2 is 1.43 bits per heavy atom. The van der Waals surface area contributed by atoms with Gasteiger partial charge in [0.1, 0.15) is 11.2 Å². The monoisotopic (exact) mass is 448 g/mol. The summed E-state index contributed by atoms with van der Waals surface area (Å²) < 4.78 is 8.52. The lowest BCUT2D eigenvalue weighted by atomic mass is 9.98. The number of aryl methyl sites for hydroxylation is 1. The van der Waals surface area contributed by atoms with E-state index in [1.54, 1.807) is 0 Å². The molecule has 0 bridgehead atoms. The number of para-hydroxylation sites is 2. The molecule has 2 aromatic heterocycles. The Balaban J connectivity index is 1.46. The number of aromatic nitrogens is 1. The fraction of sp³-hybridized carbons (Fsp3) is 0.0312. The van der Waals surface area contributed by atoms with E-state index in [1.165, 1.54) is 16.3 Å². The first-order valence-corrected chi connectivity index (χ1v) is 11.7. The zero-order valence-corrected chi connectivity index (χ0v) is 19.1. The molecular formula is C32H20N2O. The number of nitriles is 1. The molecule has 3 heteroatoms. The van der Waals surface area contributed by atoms with Crippen LogP contribution in [0.3, 0.4) is 0 Å². The summed E-state index contributed by atoms with van der Waals surface area (Å²) in [5.41, 5.74) is 9.33. The van der Waals surface area contributed by atoms with Crippen molar-refractivity contribution in [3.05, 3.63) is 114 Å². The number of furan rings is 1. The third-order valence-corrected chi connectivity index (χ3v) is 6.96. The van der Waals surface area contributed by atoms with Gasteiger partial charge in [0.25, 0.3) is 0 Å². The molecule has 0 fully saturated rings. The Bertz CT molecular complexity index is 1960. The second kappa shape index (κ2) is 7.35. The third-order valence-electron chi connectivity index (χ3n) is 6.96. The molecule has 3 nitrogen and oxygen atoms in total. The molecule has 0 amide bonds. The van der Waals surface area contributed by atoms with Crippen molar-refractivity contribution in [3.63, 3.8) is 0 Å². The molecule has 0 aliphatic carbocycles. The predicted molar refractivity (Wildman–Crippen MR) is 143 cm³/mol. The second-order valence-electron chi connectivity index (χ2n) is 9.00. The van der Waals surface area contributed by atoms with Gasteiger partial charge in [0, 0.05) is 27.2 Å². The van der Waals surface area contributed by atoms with Crippen molar-refractivity contribution in [3.8, 4) is 22.9 Å². The van der Waals surface area contributed by atoms with Crippen LogP contribution >= 0.6 is 0 Å². The fourth-order valence-corrected chi connectivity index (χ4v) is 5.31. The van der Waals surface area contributed by atoms with Crippen LogP contribution in [-0.4, -0.2) is 4.57 Å². The summed E-state index contributed by atoms with van der Waals surface area (Å²) in [6.45, 7) is 2.05. The average Bonchev–Trinajstić information content (AvgIpc) is 3.42. The van der Waals surface area contributed by atoms with Gasteiger partial charge in [0.15, 0.2) is 0 Å². The van der Waals surface area contributed by atoms with Crippen LogP contribution in [0.2, 0.25) is 0 Å². The number of benzene rings is 5. The SMILES string of the molecule is Cc1cc(C#N)ccc1-c1ccc(-n2c3ccccc3c3cc4oc5ccccc5c4cc32)cc1. The largest absolute Gasteiger partial charge is 0.456 e. The minimum absolute atomic E-state index is 0.686. The topological polar surface area (TPSA) is 41.9 Å². The Morgan fingerprint density at radius 3 is 2.23 bits per heavy atom. The molecular weight excluding hydrogens is 428 g/mol. The van der Waals surface area contributed by atoms with Crippen LogP contribution in [0.4, 0.5) is 0 Å². The summed E-state index contributed by atoms with van der Waals surface area (Å²) in [4.78, 5) is 0. The van der Waals surface area contributed by atoms with Gasteiger partial charge in [-0.25, -0.2) is 0 Å². The summed E-state index contributed by atoms with van der Waals surface area (Å²) in [5.74, 6) is 0. The Kier molecular flexibility index (Phi) is 4.12. The molecule has 164 valence electrons. The number of hydrogen-bond acceptors (Lipinski definition) is 2. The maximum atomic E-state index is 9.19. The first-order valence-electron chi connectivity index (χ1n) is 11.7. The Morgan fingerprint density at radius 1 is 0.657 bits per heavy atom. The van der Waals surface area contributed by atoms with Gasteiger partial charge in [0.05, 0.1) is 22.7 Å². The molecule has 0 saturated heterocycles. The van der Waals surface area contributed by atoms with Crippen LogP contribution in [0.25, 0.3) is 60.6 Å². The van der Waals surface area contributed by atoms with Gasteiger partial charge < -0.3 is 8.98 Å². The van der Waals surface area contributed by atoms with Gasteiger partial charge in [0.2, 0.25) is 0 Å². The lowest BCUT2D eigenvalue weighted by Gasteiger charge is -2.11. The summed E-state index contributed by atoms with van der Waals surface area (Å²) in [7, 11) is 0. The van der Waals surface area contributed by atoms with Crippen molar-refractivity contribution in [2.75, 3.05) is 0 Å². The molecule has 0 saturated carbocycles. The lowest BCUT2D eigenvalue weighted by Crippen LogP contribution is -1.94. The van der Waals surface area contributed by atoms with E-state index < -0.39 is 0 Å². The first-order chi connectivity index (χ1) is 17.2. The van der Waals surface area contributed by atoms with Crippen LogP contribution in [0, 0.1) is 18.3 Å². The number of fused-ring (bicyclic) bond motifs is 6. The van der Waals surface area contributed by atoms with E-state index in [0.717, 1.165) is 49.8 Å². The van der Waals surface area contributed by atoms with Crippen LogP contribution in [0.1, 0.15) is 11.1 Å². The minimum atomic E-state index is 0.686. The molecule has 7 rings (SSSR count). The van der Waals surface area contributed by atoms with Crippen LogP contribution < -0.4 is 0 Å². The molecule has 5 aromatic carbocycles. The highest BCUT2D eigenvalue weighted by Crippen LogP contribution is 2.38. The predicted octanol–water partition coefficient (Wildman–Crippen LogP) is 8.53. The number of rotatable bonds is 2. The van der Waals surface area contributed by atoms with Crippen molar-refractivity contribution in [2.24, 2.45) is 0 Å². The standard InChI is InChI=1S/C32H20N2O/c1-20-16-21(19-33)10-15-24(20)22-11-13-23(14-12-22)34-29-8-4-2-6-25(29)27-18-32-28(17-30(27)34)26-7-3-5-9-31(26)35-32/h2-18H,1H3. The lowest BCUT2D eigenvalue weighted by molar-refractivity contribution is 0.669. The molecule has 7 aromatic rings. The zero-order valence-electron chi connectivity index (χ0n) is 19.1. The van der Waals surface area contributed by atoms with Gasteiger partial charge >= 0.3 is 0 Å². The van der Waals surface area contributed by atoms with Crippen LogP contribution in [0.15, 0.2) is 108 Å². The highest BCUT2D eigenvalue weighted by Gasteiger charge is 2.16. The summed E-state index contributed by atoms with van der Waals surface area (Å²) in [6, 6.07) is 37.9. The van der Waals surface area contributed by atoms with E-state index in [1.807, 2.05) is 30.3 Å². The maximum Gasteiger partial charge on any atom is 0.136 e. The van der Waals surface area contributed by atoms with Gasteiger partial charge in [-0.3, -0.25) is 0 Å². The number of nitrogens with zero attached hydrogens (tertiary/aromatic N) is 2. The Labute approximate surface area is 202 Å². The zero-order chi connectivity index (χ0) is 23.5. The van der Waals surface area contributed by atoms with Crippen LogP contribution in [-0.2, 0) is 0 Å². The summed E-state index contributed by atoms with van der Waals surface area (Å²) in [5, 5.41) is 13.8. The van der Waals surface area contributed by atoms with Crippen LogP contribution in [0.5, 0.6) is 0 Å². The van der Waals surface area contributed by atoms with Crippen molar-refractivity contribution >= 4 is 43.7 Å². The molecule has 35 heavy (non-hydrogen) atoms. The van der Waals surface area contributed by atoms with E-state index in [4.69, 9.17) is 4.42 Å². The van der Waals surface area contributed by atoms with Gasteiger partial charge in [-0.05, 0) is 72.1 Å². The molecule has 2 heterocycles. The molecule has 0 unspecified atom stereocenters.